The molecule has 3 aromatic rings. The second-order valence-electron chi connectivity index (χ2n) is 5.35. The molecule has 1 amide bonds. The second kappa shape index (κ2) is 7.83. The molecule has 0 fully saturated rings. The standard InChI is InChI=1S/C19H16N4O2/c24-17(15-7-2-1-3-8-15)14-23-12-6-9-16(13-23)19(25)22-21-18-10-4-5-11-20-18/h1-13H,14H2,(H-,20,21,22,25)/p+1. The number of nitrogens with zero attached hydrogens (tertiary/aromatic N) is 2. The van der Waals surface area contributed by atoms with E-state index in [0.717, 1.165) is 0 Å². The summed E-state index contributed by atoms with van der Waals surface area (Å²) in [5, 5.41) is 0. The minimum absolute atomic E-state index is 0.0187. The first-order chi connectivity index (χ1) is 12.2. The zero-order chi connectivity index (χ0) is 17.5. The maximum absolute atomic E-state index is 12.3. The number of pyridine rings is 2. The monoisotopic (exact) mass is 333 g/mol. The third-order valence-electron chi connectivity index (χ3n) is 3.51. The van der Waals surface area contributed by atoms with E-state index in [2.05, 4.69) is 15.8 Å². The molecule has 1 aromatic carbocycles. The van der Waals surface area contributed by atoms with Gasteiger partial charge in [-0.2, -0.15) is 4.57 Å². The molecule has 3 rings (SSSR count). The molecule has 2 heterocycles. The first-order valence-corrected chi connectivity index (χ1v) is 7.77. The first kappa shape index (κ1) is 16.3. The second-order valence-corrected chi connectivity index (χ2v) is 5.35. The summed E-state index contributed by atoms with van der Waals surface area (Å²) in [7, 11) is 0. The van der Waals surface area contributed by atoms with Crippen LogP contribution < -0.4 is 15.4 Å². The van der Waals surface area contributed by atoms with Crippen LogP contribution in [-0.2, 0) is 6.54 Å². The quantitative estimate of drug-likeness (QED) is 0.411. The zero-order valence-corrected chi connectivity index (χ0v) is 13.4. The van der Waals surface area contributed by atoms with Crippen molar-refractivity contribution in [2.45, 2.75) is 6.54 Å². The molecule has 2 aromatic heterocycles. The molecule has 124 valence electrons. The molecule has 0 aliphatic heterocycles. The van der Waals surface area contributed by atoms with Crippen LogP contribution in [0.3, 0.4) is 0 Å². The van der Waals surface area contributed by atoms with Crippen molar-refractivity contribution in [2.75, 3.05) is 5.43 Å². The highest BCUT2D eigenvalue weighted by Gasteiger charge is 2.15. The average molecular weight is 333 g/mol. The maximum Gasteiger partial charge on any atom is 0.275 e. The Morgan fingerprint density at radius 3 is 2.44 bits per heavy atom. The Labute approximate surface area is 145 Å². The predicted molar refractivity (Wildman–Crippen MR) is 92.7 cm³/mol. The zero-order valence-electron chi connectivity index (χ0n) is 13.4. The molecule has 0 bridgehead atoms. The van der Waals surface area contributed by atoms with E-state index >= 15 is 0 Å². The highest BCUT2D eigenvalue weighted by atomic mass is 16.2. The predicted octanol–water partition coefficient (Wildman–Crippen LogP) is 2.01. The molecule has 0 aliphatic rings. The lowest BCUT2D eigenvalue weighted by molar-refractivity contribution is -0.683. The average Bonchev–Trinajstić information content (AvgIpc) is 2.68. The van der Waals surface area contributed by atoms with Gasteiger partial charge in [0.15, 0.2) is 12.4 Å². The van der Waals surface area contributed by atoms with E-state index in [9.17, 15) is 9.59 Å². The fourth-order valence-electron chi connectivity index (χ4n) is 2.27. The molecule has 6 nitrogen and oxygen atoms in total. The van der Waals surface area contributed by atoms with Gasteiger partial charge in [-0.3, -0.25) is 20.4 Å². The fraction of sp³-hybridized carbons (Fsp3) is 0.0526. The smallest absolute Gasteiger partial charge is 0.275 e. The lowest BCUT2D eigenvalue weighted by Crippen LogP contribution is -2.39. The number of hydrogen-bond acceptors (Lipinski definition) is 4. The summed E-state index contributed by atoms with van der Waals surface area (Å²) in [4.78, 5) is 28.5. The van der Waals surface area contributed by atoms with Gasteiger partial charge in [-0.25, -0.2) is 4.98 Å². The minimum Gasteiger partial charge on any atom is -0.287 e. The molecule has 0 spiro atoms. The van der Waals surface area contributed by atoms with E-state index in [1.807, 2.05) is 24.3 Å². The number of hydrogen-bond donors (Lipinski definition) is 2. The van der Waals surface area contributed by atoms with Gasteiger partial charge < -0.3 is 0 Å². The Kier molecular flexibility index (Phi) is 5.11. The molecule has 0 saturated carbocycles. The van der Waals surface area contributed by atoms with Crippen LogP contribution in [0.15, 0.2) is 79.3 Å². The lowest BCUT2D eigenvalue weighted by Gasteiger charge is -2.06. The topological polar surface area (TPSA) is 75.0 Å². The van der Waals surface area contributed by atoms with E-state index in [1.54, 1.807) is 59.6 Å². The summed E-state index contributed by atoms with van der Waals surface area (Å²) in [5.41, 5.74) is 6.40. The number of nitrogens with one attached hydrogen (secondary N) is 2. The molecule has 6 heteroatoms. The summed E-state index contributed by atoms with van der Waals surface area (Å²) in [5.74, 6) is 0.209. The molecule has 25 heavy (non-hydrogen) atoms. The van der Waals surface area contributed by atoms with Crippen LogP contribution in [0.1, 0.15) is 20.7 Å². The lowest BCUT2D eigenvalue weighted by atomic mass is 10.1. The van der Waals surface area contributed by atoms with Crippen molar-refractivity contribution in [1.82, 2.24) is 10.4 Å². The summed E-state index contributed by atoms with van der Waals surface area (Å²) in [6.07, 6.45) is 5.01. The number of benzene rings is 1. The van der Waals surface area contributed by atoms with Crippen molar-refractivity contribution in [3.8, 4) is 0 Å². The van der Waals surface area contributed by atoms with E-state index in [0.29, 0.717) is 16.9 Å². The van der Waals surface area contributed by atoms with E-state index < -0.39 is 0 Å². The molecule has 0 unspecified atom stereocenters. The molecule has 0 aliphatic carbocycles. The van der Waals surface area contributed by atoms with Crippen LogP contribution >= 0.6 is 0 Å². The number of aromatic nitrogens is 2. The van der Waals surface area contributed by atoms with Crippen molar-refractivity contribution in [3.05, 3.63) is 90.4 Å². The van der Waals surface area contributed by atoms with Gasteiger partial charge >= 0.3 is 0 Å². The van der Waals surface area contributed by atoms with Gasteiger partial charge in [0.2, 0.25) is 12.3 Å². The Bertz CT molecular complexity index is 867. The van der Waals surface area contributed by atoms with E-state index in [1.165, 1.54) is 0 Å². The number of ketones is 1. The van der Waals surface area contributed by atoms with Gasteiger partial charge in [-0.1, -0.05) is 36.4 Å². The van der Waals surface area contributed by atoms with Gasteiger partial charge in [-0.05, 0) is 18.2 Å². The number of rotatable bonds is 6. The molecular formula is C19H17N4O2+. The van der Waals surface area contributed by atoms with Crippen molar-refractivity contribution in [1.29, 1.82) is 0 Å². The summed E-state index contributed by atoms with van der Waals surface area (Å²) in [6.45, 7) is 0.165. The maximum atomic E-state index is 12.3. The van der Waals surface area contributed by atoms with Crippen LogP contribution in [0, 0.1) is 0 Å². The number of Topliss-reactive ketones (excluding diaryl/α,β-unsaturated/α-hetero) is 1. The summed E-state index contributed by atoms with van der Waals surface area (Å²) < 4.78 is 1.69. The van der Waals surface area contributed by atoms with Crippen molar-refractivity contribution >= 4 is 17.5 Å². The highest BCUT2D eigenvalue weighted by Crippen LogP contribution is 2.01. The summed E-state index contributed by atoms with van der Waals surface area (Å²) >= 11 is 0. The van der Waals surface area contributed by atoms with E-state index in [4.69, 9.17) is 0 Å². The molecule has 0 atom stereocenters. The van der Waals surface area contributed by atoms with Crippen molar-refractivity contribution in [2.24, 2.45) is 0 Å². The number of carbonyl (C=O) groups is 2. The number of anilines is 1. The molecule has 0 saturated heterocycles. The Morgan fingerprint density at radius 2 is 1.68 bits per heavy atom. The molecule has 0 radical (unpaired) electrons. The Morgan fingerprint density at radius 1 is 0.920 bits per heavy atom. The number of hydrazine groups is 1. The van der Waals surface area contributed by atoms with Crippen LogP contribution in [0.25, 0.3) is 0 Å². The Hall–Kier alpha value is -3.54. The fourth-order valence-corrected chi connectivity index (χ4v) is 2.27. The molecular weight excluding hydrogens is 316 g/mol. The first-order valence-electron chi connectivity index (χ1n) is 7.77. The third kappa shape index (κ3) is 4.48. The third-order valence-corrected chi connectivity index (χ3v) is 3.51. The molecule has 2 N–H and O–H groups in total. The highest BCUT2D eigenvalue weighted by molar-refractivity contribution is 5.95. The van der Waals surface area contributed by atoms with Crippen LogP contribution in [0.4, 0.5) is 5.82 Å². The Balaban J connectivity index is 1.64. The van der Waals surface area contributed by atoms with Gasteiger partial charge in [0.25, 0.3) is 5.91 Å². The SMILES string of the molecule is O=C(C[n+]1cccc(C(=O)NNc2ccccn2)c1)c1ccccc1. The van der Waals surface area contributed by atoms with Crippen molar-refractivity contribution < 1.29 is 14.2 Å². The summed E-state index contributed by atoms with van der Waals surface area (Å²) in [6, 6.07) is 17.8. The largest absolute Gasteiger partial charge is 0.287 e. The number of carbonyl (C=O) groups excluding carboxylic acids is 2. The number of amides is 1. The minimum atomic E-state index is -0.313. The van der Waals surface area contributed by atoms with Gasteiger partial charge in [0.05, 0.1) is 0 Å². The van der Waals surface area contributed by atoms with E-state index in [-0.39, 0.29) is 18.2 Å². The van der Waals surface area contributed by atoms with Gasteiger partial charge in [0, 0.05) is 17.8 Å². The van der Waals surface area contributed by atoms with Gasteiger partial charge in [0.1, 0.15) is 11.4 Å². The van der Waals surface area contributed by atoms with Crippen LogP contribution in [-0.4, -0.2) is 16.7 Å². The van der Waals surface area contributed by atoms with Crippen molar-refractivity contribution in [3.63, 3.8) is 0 Å². The van der Waals surface area contributed by atoms with Crippen LogP contribution in [0.2, 0.25) is 0 Å². The van der Waals surface area contributed by atoms with Gasteiger partial charge in [-0.15, -0.1) is 0 Å². The normalized spacial score (nSPS) is 10.1. The van der Waals surface area contributed by atoms with Crippen LogP contribution in [0.5, 0.6) is 0 Å².